The maximum atomic E-state index is 5.68. The van der Waals surface area contributed by atoms with Crippen molar-refractivity contribution >= 4 is 24.1 Å². The zero-order valence-corrected chi connectivity index (χ0v) is 12.1. The first-order chi connectivity index (χ1) is 6.72. The number of anilines is 1. The molecule has 1 aromatic carbocycles. The van der Waals surface area contributed by atoms with Crippen molar-refractivity contribution in [2.75, 3.05) is 5.73 Å². The molecule has 84 valence electrons. The fourth-order valence-electron chi connectivity index (χ4n) is 0.984. The van der Waals surface area contributed by atoms with E-state index in [2.05, 4.69) is 46.0 Å². The van der Waals surface area contributed by atoms with Gasteiger partial charge in [-0.05, 0) is 29.3 Å². The van der Waals surface area contributed by atoms with Gasteiger partial charge in [-0.25, -0.2) is 0 Å². The van der Waals surface area contributed by atoms with Crippen LogP contribution in [0.3, 0.4) is 0 Å². The van der Waals surface area contributed by atoms with Crippen molar-refractivity contribution in [3.05, 3.63) is 24.3 Å². The fourth-order valence-corrected chi connectivity index (χ4v) is 5.25. The lowest BCUT2D eigenvalue weighted by Crippen LogP contribution is -2.33. The Kier molecular flexibility index (Phi) is 3.56. The average molecular weight is 239 g/mol. The van der Waals surface area contributed by atoms with Gasteiger partial charge in [-0.3, -0.25) is 0 Å². The summed E-state index contributed by atoms with van der Waals surface area (Å²) in [4.78, 5) is 1.34. The van der Waals surface area contributed by atoms with Crippen molar-refractivity contribution < 1.29 is 0 Å². The molecule has 0 aliphatic rings. The lowest BCUT2D eigenvalue weighted by Gasteiger charge is -2.36. The molecule has 0 saturated heterocycles. The smallest absolute Gasteiger partial charge is 0.122 e. The normalized spacial score (nSPS) is 12.9. The van der Waals surface area contributed by atoms with Gasteiger partial charge in [0.2, 0.25) is 0 Å². The molecule has 2 N–H and O–H groups in total. The van der Waals surface area contributed by atoms with Crippen LogP contribution in [-0.2, 0) is 0 Å². The van der Waals surface area contributed by atoms with E-state index in [-0.39, 0.29) is 0 Å². The molecule has 0 saturated carbocycles. The molecule has 0 fully saturated rings. The van der Waals surface area contributed by atoms with Crippen molar-refractivity contribution in [1.29, 1.82) is 0 Å². The van der Waals surface area contributed by atoms with E-state index >= 15 is 0 Å². The van der Waals surface area contributed by atoms with Crippen molar-refractivity contribution in [3.63, 3.8) is 0 Å². The zero-order chi connectivity index (χ0) is 11.7. The second kappa shape index (κ2) is 4.22. The van der Waals surface area contributed by atoms with Gasteiger partial charge in [0, 0.05) is 10.6 Å². The van der Waals surface area contributed by atoms with E-state index in [9.17, 15) is 0 Å². The van der Waals surface area contributed by atoms with E-state index in [1.165, 1.54) is 4.90 Å². The van der Waals surface area contributed by atoms with Crippen LogP contribution in [0, 0.1) is 0 Å². The van der Waals surface area contributed by atoms with E-state index < -0.39 is 7.22 Å². The van der Waals surface area contributed by atoms with E-state index in [1.54, 1.807) is 0 Å². The Morgan fingerprint density at radius 2 is 1.53 bits per heavy atom. The monoisotopic (exact) mass is 239 g/mol. The molecule has 0 bridgehead atoms. The van der Waals surface area contributed by atoms with Crippen molar-refractivity contribution in [1.82, 2.24) is 0 Å². The molecule has 0 heterocycles. The van der Waals surface area contributed by atoms with Gasteiger partial charge in [-0.2, -0.15) is 11.2 Å². The first kappa shape index (κ1) is 12.7. The molecule has 0 aliphatic heterocycles. The van der Waals surface area contributed by atoms with Gasteiger partial charge < -0.3 is 5.73 Å². The predicted molar refractivity (Wildman–Crippen MR) is 73.9 cm³/mol. The van der Waals surface area contributed by atoms with Crippen molar-refractivity contribution in [2.45, 2.75) is 43.8 Å². The van der Waals surface area contributed by atoms with E-state index in [0.717, 1.165) is 5.69 Å². The fraction of sp³-hybridized carbons (Fsp3) is 0.500. The van der Waals surface area contributed by atoms with Crippen LogP contribution in [0.1, 0.15) is 20.8 Å². The lowest BCUT2D eigenvalue weighted by molar-refractivity contribution is 0.736. The molecule has 3 heteroatoms. The maximum absolute atomic E-state index is 5.68. The summed E-state index contributed by atoms with van der Waals surface area (Å²) in [6.45, 7) is 11.9. The number of hydrogen-bond acceptors (Lipinski definition) is 2. The molecule has 1 rings (SSSR count). The zero-order valence-electron chi connectivity index (χ0n) is 10.3. The molecule has 1 nitrogen and oxygen atoms in total. The Labute approximate surface area is 98.1 Å². The first-order valence-corrected chi connectivity index (χ1v) is 9.81. The first-order valence-electron chi connectivity index (χ1n) is 5.27. The molecular formula is C12H21NSSi. The number of hydrogen-bond donors (Lipinski definition) is 1. The van der Waals surface area contributed by atoms with Crippen LogP contribution in [0.4, 0.5) is 5.69 Å². The third-order valence-electron chi connectivity index (χ3n) is 3.06. The molecule has 0 amide bonds. The SMILES string of the molecule is CC(C)(C)[Si](C)(C)Sc1ccc(N)cc1. The quantitative estimate of drug-likeness (QED) is 0.613. The molecule has 0 radical (unpaired) electrons. The lowest BCUT2D eigenvalue weighted by atomic mass is 10.2. The van der Waals surface area contributed by atoms with Gasteiger partial charge in [0.15, 0.2) is 0 Å². The maximum Gasteiger partial charge on any atom is 0.122 e. The molecule has 0 aliphatic carbocycles. The number of rotatable bonds is 2. The summed E-state index contributed by atoms with van der Waals surface area (Å²) in [5, 5.41) is 0.416. The Morgan fingerprint density at radius 3 is 1.93 bits per heavy atom. The number of nitrogens with two attached hydrogens (primary N) is 1. The highest BCUT2D eigenvalue weighted by molar-refractivity contribution is 8.29. The predicted octanol–water partition coefficient (Wildman–Crippen LogP) is 4.37. The molecule has 0 atom stereocenters. The molecule has 1 aromatic rings. The standard InChI is InChI=1S/C12H21NSSi/c1-12(2,3)15(4,5)14-11-8-6-10(13)7-9-11/h6-9H,13H2,1-5H3. The van der Waals surface area contributed by atoms with E-state index in [0.29, 0.717) is 5.04 Å². The van der Waals surface area contributed by atoms with E-state index in [1.807, 2.05) is 23.3 Å². The highest BCUT2D eigenvalue weighted by atomic mass is 32.4. The van der Waals surface area contributed by atoms with Crippen LogP contribution in [0.15, 0.2) is 29.2 Å². The van der Waals surface area contributed by atoms with Crippen LogP contribution in [0.5, 0.6) is 0 Å². The van der Waals surface area contributed by atoms with Crippen LogP contribution in [-0.4, -0.2) is 7.22 Å². The second-order valence-electron chi connectivity index (χ2n) is 5.43. The number of benzene rings is 1. The average Bonchev–Trinajstić information content (AvgIpc) is 2.06. The third-order valence-corrected chi connectivity index (χ3v) is 11.8. The van der Waals surface area contributed by atoms with Gasteiger partial charge in [-0.1, -0.05) is 33.9 Å². The Hall–Kier alpha value is -0.413. The van der Waals surface area contributed by atoms with Crippen molar-refractivity contribution in [2.24, 2.45) is 0 Å². The van der Waals surface area contributed by atoms with Crippen LogP contribution >= 0.6 is 11.2 Å². The minimum absolute atomic E-state index is 0.416. The second-order valence-corrected chi connectivity index (χ2v) is 14.3. The summed E-state index contributed by atoms with van der Waals surface area (Å²) in [5.41, 5.74) is 6.52. The summed E-state index contributed by atoms with van der Waals surface area (Å²) in [6, 6.07) is 8.21. The summed E-state index contributed by atoms with van der Waals surface area (Å²) < 4.78 is 0. The largest absolute Gasteiger partial charge is 0.399 e. The summed E-state index contributed by atoms with van der Waals surface area (Å²) >= 11 is 2.04. The highest BCUT2D eigenvalue weighted by Gasteiger charge is 2.36. The molecule has 15 heavy (non-hydrogen) atoms. The van der Waals surface area contributed by atoms with Gasteiger partial charge in [0.25, 0.3) is 0 Å². The highest BCUT2D eigenvalue weighted by Crippen LogP contribution is 2.46. The topological polar surface area (TPSA) is 26.0 Å². The van der Waals surface area contributed by atoms with E-state index in [4.69, 9.17) is 5.73 Å². The summed E-state index contributed by atoms with van der Waals surface area (Å²) in [5.74, 6) is 0. The van der Waals surface area contributed by atoms with Gasteiger partial charge in [-0.15, -0.1) is 0 Å². The minimum Gasteiger partial charge on any atom is -0.399 e. The van der Waals surface area contributed by atoms with Crippen LogP contribution in [0.25, 0.3) is 0 Å². The Balaban J connectivity index is 2.82. The molecular weight excluding hydrogens is 218 g/mol. The van der Waals surface area contributed by atoms with Gasteiger partial charge >= 0.3 is 0 Å². The van der Waals surface area contributed by atoms with Gasteiger partial charge in [0.05, 0.1) is 0 Å². The summed E-state index contributed by atoms with van der Waals surface area (Å²) in [7, 11) is -1.29. The summed E-state index contributed by atoms with van der Waals surface area (Å²) in [6.07, 6.45) is 0. The molecule has 0 aromatic heterocycles. The van der Waals surface area contributed by atoms with Crippen LogP contribution in [0.2, 0.25) is 18.1 Å². The molecule has 0 unspecified atom stereocenters. The number of nitrogen functional groups attached to an aromatic ring is 1. The van der Waals surface area contributed by atoms with Crippen LogP contribution < -0.4 is 5.73 Å². The van der Waals surface area contributed by atoms with Crippen molar-refractivity contribution in [3.8, 4) is 0 Å². The third kappa shape index (κ3) is 3.28. The Bertz CT molecular complexity index is 324. The molecule has 0 spiro atoms. The minimum atomic E-state index is -1.29. The van der Waals surface area contributed by atoms with Gasteiger partial charge in [0.1, 0.15) is 7.22 Å². The Morgan fingerprint density at radius 1 is 1.07 bits per heavy atom.